The topological polar surface area (TPSA) is 140 Å². The second-order valence-corrected chi connectivity index (χ2v) is 10.5. The lowest BCUT2D eigenvalue weighted by Gasteiger charge is -2.32. The summed E-state index contributed by atoms with van der Waals surface area (Å²) in [4.78, 5) is 30.5. The molecule has 1 aromatic rings. The number of likely N-dealkylation sites (tertiary alicyclic amines) is 1. The number of hydrogen-bond donors (Lipinski definition) is 1. The molecule has 190 valence electrons. The van der Waals surface area contributed by atoms with E-state index in [4.69, 9.17) is 19.8 Å². The highest BCUT2D eigenvalue weighted by atomic mass is 16.7. The van der Waals surface area contributed by atoms with Crippen LogP contribution in [0.4, 0.5) is 0 Å². The minimum atomic E-state index is -1.52. The van der Waals surface area contributed by atoms with Gasteiger partial charge in [-0.3, -0.25) is 9.59 Å². The quantitative estimate of drug-likeness (QED) is 0.187. The van der Waals surface area contributed by atoms with Crippen molar-refractivity contribution in [2.75, 3.05) is 13.1 Å². The van der Waals surface area contributed by atoms with Gasteiger partial charge in [-0.2, -0.15) is 0 Å². The second kappa shape index (κ2) is 10.6. The lowest BCUT2D eigenvalue weighted by molar-refractivity contribution is -0.152. The molecule has 2 unspecified atom stereocenters. The van der Waals surface area contributed by atoms with Crippen LogP contribution in [0, 0.1) is 5.92 Å². The largest absolute Gasteiger partial charge is 0.460 e. The predicted octanol–water partition coefficient (Wildman–Crippen LogP) is 3.46. The molecule has 0 spiro atoms. The Labute approximate surface area is 207 Å². The monoisotopic (exact) mass is 485 g/mol. The number of nitrogens with two attached hydrogens (primary N) is 1. The fourth-order valence-electron chi connectivity index (χ4n) is 4.61. The fraction of sp³-hybridized carbons (Fsp3) is 0.667. The smallest absolute Gasteiger partial charge is 0.457 e. The zero-order valence-electron chi connectivity index (χ0n) is 21.3. The molecule has 1 aromatic carbocycles. The van der Waals surface area contributed by atoms with E-state index in [1.54, 1.807) is 6.92 Å². The number of ether oxygens (including phenoxy) is 1. The number of nitrogens with zero attached hydrogens (tertiary/aromatic N) is 4. The molecular formula is C24H36BN5O5. The summed E-state index contributed by atoms with van der Waals surface area (Å²) in [6, 6.07) is 8.53. The van der Waals surface area contributed by atoms with Crippen molar-refractivity contribution in [3.8, 4) is 0 Å². The number of rotatable bonds is 9. The molecule has 11 heteroatoms. The van der Waals surface area contributed by atoms with Gasteiger partial charge in [-0.15, -0.1) is 0 Å². The van der Waals surface area contributed by atoms with Crippen LogP contribution in [-0.2, 0) is 30.2 Å². The SMILES string of the molecule is C[C@H](N)C(=O)N1CC(CCCB2OC(C)(C)C(C)(C)O2)C(N=[N+]=[N-])(C(=O)OCc2ccccc2)C1. The molecule has 1 amide bonds. The Morgan fingerprint density at radius 1 is 1.26 bits per heavy atom. The molecule has 2 heterocycles. The van der Waals surface area contributed by atoms with E-state index in [2.05, 4.69) is 10.0 Å². The number of carbonyl (C=O) groups excluding carboxylic acids is 2. The molecule has 2 fully saturated rings. The molecule has 3 rings (SSSR count). The molecule has 2 saturated heterocycles. The summed E-state index contributed by atoms with van der Waals surface area (Å²) < 4.78 is 17.8. The molecule has 10 nitrogen and oxygen atoms in total. The average Bonchev–Trinajstić information content (AvgIpc) is 3.26. The summed E-state index contributed by atoms with van der Waals surface area (Å²) in [6.07, 6.45) is 1.78. The third-order valence-electron chi connectivity index (χ3n) is 7.33. The van der Waals surface area contributed by atoms with Gasteiger partial charge in [0.2, 0.25) is 5.91 Å². The Bertz CT molecular complexity index is 950. The second-order valence-electron chi connectivity index (χ2n) is 10.5. The first-order chi connectivity index (χ1) is 16.4. The van der Waals surface area contributed by atoms with Gasteiger partial charge in [0, 0.05) is 23.9 Å². The van der Waals surface area contributed by atoms with E-state index < -0.39 is 34.7 Å². The van der Waals surface area contributed by atoms with Crippen molar-refractivity contribution < 1.29 is 23.6 Å². The first-order valence-corrected chi connectivity index (χ1v) is 12.1. The highest BCUT2D eigenvalue weighted by Gasteiger charge is 2.55. The van der Waals surface area contributed by atoms with Gasteiger partial charge in [0.15, 0.2) is 5.54 Å². The van der Waals surface area contributed by atoms with E-state index in [0.29, 0.717) is 19.2 Å². The maximum Gasteiger partial charge on any atom is 0.457 e. The number of carbonyl (C=O) groups is 2. The summed E-state index contributed by atoms with van der Waals surface area (Å²) in [5.41, 5.74) is 13.6. The number of hydrogen-bond acceptors (Lipinski definition) is 7. The molecule has 2 N–H and O–H groups in total. The fourth-order valence-corrected chi connectivity index (χ4v) is 4.61. The van der Waals surface area contributed by atoms with Crippen molar-refractivity contribution in [1.82, 2.24) is 4.90 Å². The van der Waals surface area contributed by atoms with Crippen LogP contribution in [-0.4, -0.2) is 59.8 Å². The van der Waals surface area contributed by atoms with Crippen LogP contribution in [0.3, 0.4) is 0 Å². The highest BCUT2D eigenvalue weighted by molar-refractivity contribution is 6.45. The van der Waals surface area contributed by atoms with Crippen LogP contribution in [0.15, 0.2) is 35.4 Å². The van der Waals surface area contributed by atoms with Gasteiger partial charge in [0.25, 0.3) is 0 Å². The van der Waals surface area contributed by atoms with Crippen LogP contribution in [0.2, 0.25) is 6.32 Å². The molecule has 0 saturated carbocycles. The van der Waals surface area contributed by atoms with Gasteiger partial charge < -0.3 is 24.7 Å². The van der Waals surface area contributed by atoms with Gasteiger partial charge in [-0.25, -0.2) is 0 Å². The number of benzene rings is 1. The van der Waals surface area contributed by atoms with Crippen LogP contribution in [0.25, 0.3) is 10.4 Å². The van der Waals surface area contributed by atoms with Crippen LogP contribution in [0.5, 0.6) is 0 Å². The normalized spacial score (nSPS) is 25.7. The summed E-state index contributed by atoms with van der Waals surface area (Å²) in [7, 11) is -0.373. The molecule has 3 atom stereocenters. The van der Waals surface area contributed by atoms with Crippen molar-refractivity contribution in [2.24, 2.45) is 16.8 Å². The van der Waals surface area contributed by atoms with Crippen LogP contribution < -0.4 is 5.73 Å². The maximum atomic E-state index is 13.4. The molecule has 0 bridgehead atoms. The molecule has 0 radical (unpaired) electrons. The van der Waals surface area contributed by atoms with Crippen molar-refractivity contribution in [1.29, 1.82) is 0 Å². The zero-order valence-corrected chi connectivity index (χ0v) is 21.3. The van der Waals surface area contributed by atoms with Crippen molar-refractivity contribution >= 4 is 19.0 Å². The Morgan fingerprint density at radius 3 is 2.46 bits per heavy atom. The number of azide groups is 1. The molecule has 2 aliphatic heterocycles. The Kier molecular flexibility index (Phi) is 8.16. The standard InChI is InChI=1S/C24H36BN5O5/c1-17(26)20(31)30-14-19(12-9-13-25-34-22(2,3)23(4,5)35-25)24(16-30,28-29-27)21(32)33-15-18-10-7-6-8-11-18/h6-8,10-11,17,19H,9,12-16,26H2,1-5H3/t17-,19?,24?/m0/s1. The Hall–Kier alpha value is -2.59. The van der Waals surface area contributed by atoms with Crippen molar-refractivity contribution in [2.45, 2.75) is 83.2 Å². The highest BCUT2D eigenvalue weighted by Crippen LogP contribution is 2.40. The molecule has 2 aliphatic rings. The summed E-state index contributed by atoms with van der Waals surface area (Å²) >= 11 is 0. The maximum absolute atomic E-state index is 13.4. The summed E-state index contributed by atoms with van der Waals surface area (Å²) in [5.74, 6) is -1.36. The average molecular weight is 485 g/mol. The first kappa shape index (κ1) is 27.0. The minimum Gasteiger partial charge on any atom is -0.460 e. The van der Waals surface area contributed by atoms with E-state index in [0.717, 1.165) is 5.56 Å². The zero-order chi connectivity index (χ0) is 25.9. The molecule has 35 heavy (non-hydrogen) atoms. The molecular weight excluding hydrogens is 449 g/mol. The van der Waals surface area contributed by atoms with E-state index in [9.17, 15) is 15.1 Å². The van der Waals surface area contributed by atoms with Gasteiger partial charge in [0.1, 0.15) is 6.61 Å². The van der Waals surface area contributed by atoms with Gasteiger partial charge in [-0.1, -0.05) is 41.9 Å². The van der Waals surface area contributed by atoms with E-state index >= 15 is 0 Å². The van der Waals surface area contributed by atoms with Gasteiger partial charge >= 0.3 is 13.1 Å². The lowest BCUT2D eigenvalue weighted by Crippen LogP contribution is -2.47. The Balaban J connectivity index is 1.75. The first-order valence-electron chi connectivity index (χ1n) is 12.1. The van der Waals surface area contributed by atoms with Crippen molar-refractivity contribution in [3.63, 3.8) is 0 Å². The van der Waals surface area contributed by atoms with Crippen molar-refractivity contribution in [3.05, 3.63) is 46.3 Å². The third-order valence-corrected chi connectivity index (χ3v) is 7.33. The van der Waals surface area contributed by atoms with Gasteiger partial charge in [0.05, 0.1) is 17.2 Å². The summed E-state index contributed by atoms with van der Waals surface area (Å²) in [5, 5.41) is 3.95. The van der Waals surface area contributed by atoms with E-state index in [1.807, 2.05) is 58.0 Å². The van der Waals surface area contributed by atoms with Crippen LogP contribution in [0.1, 0.15) is 53.0 Å². The molecule has 0 aromatic heterocycles. The third kappa shape index (κ3) is 5.81. The Morgan fingerprint density at radius 2 is 1.89 bits per heavy atom. The number of amides is 1. The van der Waals surface area contributed by atoms with Crippen LogP contribution >= 0.6 is 0 Å². The number of esters is 1. The van der Waals surface area contributed by atoms with E-state index in [-0.39, 0.29) is 32.7 Å². The minimum absolute atomic E-state index is 0.0459. The van der Waals surface area contributed by atoms with Gasteiger partial charge in [-0.05, 0) is 58.5 Å². The van der Waals surface area contributed by atoms with E-state index in [1.165, 1.54) is 4.90 Å². The summed E-state index contributed by atoms with van der Waals surface area (Å²) in [6.45, 7) is 9.82. The lowest BCUT2D eigenvalue weighted by atomic mass is 9.78. The predicted molar refractivity (Wildman–Crippen MR) is 132 cm³/mol. The molecule has 0 aliphatic carbocycles.